The lowest BCUT2D eigenvalue weighted by atomic mass is 10.1. The van der Waals surface area contributed by atoms with Crippen LogP contribution in [-0.2, 0) is 17.5 Å². The summed E-state index contributed by atoms with van der Waals surface area (Å²) < 4.78 is 41.9. The number of hydrogen-bond acceptors (Lipinski definition) is 5. The average Bonchev–Trinajstić information content (AvgIpc) is 3.19. The smallest absolute Gasteiger partial charge is 0.335 e. The van der Waals surface area contributed by atoms with Gasteiger partial charge in [0.1, 0.15) is 0 Å². The molecule has 0 bridgehead atoms. The Labute approximate surface area is 147 Å². The van der Waals surface area contributed by atoms with Crippen molar-refractivity contribution in [1.29, 1.82) is 0 Å². The molecule has 0 saturated carbocycles. The van der Waals surface area contributed by atoms with Gasteiger partial charge in [-0.2, -0.15) is 18.2 Å². The number of nitrogens with zero attached hydrogens (tertiary/aromatic N) is 3. The molecule has 0 aliphatic heterocycles. The summed E-state index contributed by atoms with van der Waals surface area (Å²) in [5, 5.41) is 3.38. The number of aromatic nitrogens is 2. The molecule has 0 aromatic carbocycles. The van der Waals surface area contributed by atoms with Gasteiger partial charge in [0.25, 0.3) is 0 Å². The molecule has 138 valence electrons. The van der Waals surface area contributed by atoms with E-state index in [-0.39, 0.29) is 23.7 Å². The van der Waals surface area contributed by atoms with Gasteiger partial charge in [0, 0.05) is 16.8 Å². The van der Waals surface area contributed by atoms with Crippen LogP contribution in [0.25, 0.3) is 10.7 Å². The van der Waals surface area contributed by atoms with Crippen molar-refractivity contribution in [2.24, 2.45) is 5.92 Å². The molecule has 0 radical (unpaired) electrons. The second-order valence-corrected chi connectivity index (χ2v) is 7.22. The largest absolute Gasteiger partial charge is 0.471 e. The first kappa shape index (κ1) is 19.4. The molecule has 0 fully saturated rings. The van der Waals surface area contributed by atoms with E-state index in [1.165, 1.54) is 11.3 Å². The first-order chi connectivity index (χ1) is 11.6. The van der Waals surface area contributed by atoms with Crippen LogP contribution in [-0.4, -0.2) is 27.0 Å². The monoisotopic (exact) mass is 375 g/mol. The zero-order valence-electron chi connectivity index (χ0n) is 14.4. The summed E-state index contributed by atoms with van der Waals surface area (Å²) in [5.41, 5.74) is 0. The van der Waals surface area contributed by atoms with Gasteiger partial charge in [-0.05, 0) is 32.4 Å². The maximum atomic E-state index is 12.5. The maximum Gasteiger partial charge on any atom is 0.471 e. The molecule has 0 N–H and O–H groups in total. The van der Waals surface area contributed by atoms with E-state index in [2.05, 4.69) is 14.7 Å². The number of halogens is 3. The highest BCUT2D eigenvalue weighted by Crippen LogP contribution is 2.32. The molecule has 1 unspecified atom stereocenters. The van der Waals surface area contributed by atoms with Crippen LogP contribution in [0.3, 0.4) is 0 Å². The van der Waals surface area contributed by atoms with E-state index >= 15 is 0 Å². The Hall–Kier alpha value is -1.90. The lowest BCUT2D eigenvalue weighted by Crippen LogP contribution is -2.39. The highest BCUT2D eigenvalue weighted by atomic mass is 32.1. The second kappa shape index (κ2) is 7.55. The zero-order valence-corrected chi connectivity index (χ0v) is 15.2. The zero-order chi connectivity index (χ0) is 18.8. The van der Waals surface area contributed by atoms with Gasteiger partial charge in [-0.15, -0.1) is 11.3 Å². The van der Waals surface area contributed by atoms with Crippen molar-refractivity contribution < 1.29 is 22.5 Å². The van der Waals surface area contributed by atoms with Gasteiger partial charge in [0.15, 0.2) is 0 Å². The van der Waals surface area contributed by atoms with Gasteiger partial charge in [-0.3, -0.25) is 4.79 Å². The Morgan fingerprint density at radius 2 is 2.00 bits per heavy atom. The van der Waals surface area contributed by atoms with Crippen molar-refractivity contribution in [1.82, 2.24) is 15.0 Å². The van der Waals surface area contributed by atoms with Crippen LogP contribution in [0.5, 0.6) is 0 Å². The summed E-state index contributed by atoms with van der Waals surface area (Å²) >= 11 is 1.25. The average molecular weight is 375 g/mol. The highest BCUT2D eigenvalue weighted by Gasteiger charge is 2.38. The van der Waals surface area contributed by atoms with Crippen molar-refractivity contribution in [2.75, 3.05) is 0 Å². The normalized spacial score (nSPS) is 13.3. The molecule has 2 rings (SSSR count). The van der Waals surface area contributed by atoms with E-state index in [4.69, 9.17) is 0 Å². The molecule has 25 heavy (non-hydrogen) atoms. The third-order valence-electron chi connectivity index (χ3n) is 3.82. The van der Waals surface area contributed by atoms with E-state index < -0.39 is 12.1 Å². The summed E-state index contributed by atoms with van der Waals surface area (Å²) in [6, 6.07) is 3.43. The van der Waals surface area contributed by atoms with Gasteiger partial charge in [-0.25, -0.2) is 0 Å². The van der Waals surface area contributed by atoms with E-state index in [1.54, 1.807) is 17.0 Å². The highest BCUT2D eigenvalue weighted by molar-refractivity contribution is 7.15. The summed E-state index contributed by atoms with van der Waals surface area (Å²) in [7, 11) is 0. The van der Waals surface area contributed by atoms with E-state index in [0.29, 0.717) is 11.4 Å². The summed E-state index contributed by atoms with van der Waals surface area (Å²) in [4.78, 5) is 18.9. The van der Waals surface area contributed by atoms with E-state index in [0.717, 1.165) is 11.3 Å². The van der Waals surface area contributed by atoms with E-state index in [9.17, 15) is 18.0 Å². The maximum absolute atomic E-state index is 12.5. The van der Waals surface area contributed by atoms with Gasteiger partial charge < -0.3 is 9.42 Å². The summed E-state index contributed by atoms with van der Waals surface area (Å²) in [6.45, 7) is 8.11. The fourth-order valence-electron chi connectivity index (χ4n) is 2.16. The Balaban J connectivity index is 2.17. The second-order valence-electron chi connectivity index (χ2n) is 6.06. The first-order valence-corrected chi connectivity index (χ1v) is 8.75. The summed E-state index contributed by atoms with van der Waals surface area (Å²) in [5.74, 6) is -1.49. The molecule has 9 heteroatoms. The Bertz CT molecular complexity index is 724. The predicted molar refractivity (Wildman–Crippen MR) is 87.8 cm³/mol. The van der Waals surface area contributed by atoms with Crippen LogP contribution in [0.15, 0.2) is 16.7 Å². The lowest BCUT2D eigenvalue weighted by Gasteiger charge is -2.28. The van der Waals surface area contributed by atoms with Crippen LogP contribution < -0.4 is 0 Å². The van der Waals surface area contributed by atoms with Crippen molar-refractivity contribution >= 4 is 17.2 Å². The topological polar surface area (TPSA) is 59.2 Å². The molecule has 0 spiro atoms. The van der Waals surface area contributed by atoms with Gasteiger partial charge >= 0.3 is 12.1 Å². The van der Waals surface area contributed by atoms with Gasteiger partial charge in [0.05, 0.1) is 11.4 Å². The van der Waals surface area contributed by atoms with Crippen molar-refractivity contribution in [3.05, 3.63) is 22.9 Å². The Morgan fingerprint density at radius 3 is 2.52 bits per heavy atom. The van der Waals surface area contributed by atoms with Crippen LogP contribution in [0.4, 0.5) is 13.2 Å². The number of hydrogen-bond donors (Lipinski definition) is 0. The SMILES string of the molecule is CCC(C)C(=O)N(Cc1ccc(-c2noc(C(F)(F)F)n2)s1)C(C)C. The third-order valence-corrected chi connectivity index (χ3v) is 4.88. The van der Waals surface area contributed by atoms with Gasteiger partial charge in [0.2, 0.25) is 11.7 Å². The quantitative estimate of drug-likeness (QED) is 0.740. The molecule has 0 aliphatic carbocycles. The molecule has 1 atom stereocenters. The number of rotatable bonds is 6. The molecule has 2 heterocycles. The van der Waals surface area contributed by atoms with Crippen LogP contribution >= 0.6 is 11.3 Å². The number of thiophene rings is 1. The van der Waals surface area contributed by atoms with Crippen LogP contribution in [0, 0.1) is 5.92 Å². The molecule has 0 aliphatic rings. The predicted octanol–water partition coefficient (Wildman–Crippen LogP) is 4.60. The molecule has 5 nitrogen and oxygen atoms in total. The van der Waals surface area contributed by atoms with Gasteiger partial charge in [-0.1, -0.05) is 19.0 Å². The fraction of sp³-hybridized carbons (Fsp3) is 0.562. The van der Waals surface area contributed by atoms with Crippen molar-refractivity contribution in [3.8, 4) is 10.7 Å². The molecular weight excluding hydrogens is 355 g/mol. The minimum Gasteiger partial charge on any atom is -0.335 e. The van der Waals surface area contributed by atoms with E-state index in [1.807, 2.05) is 27.7 Å². The number of amides is 1. The minimum atomic E-state index is -4.66. The molecule has 2 aromatic rings. The standard InChI is InChI=1S/C16H20F3N3O2S/c1-5-10(4)14(23)22(9(2)3)8-11-6-7-12(25-11)13-20-15(24-21-13)16(17,18)19/h6-7,9-10H,5,8H2,1-4H3. The summed E-state index contributed by atoms with van der Waals surface area (Å²) in [6.07, 6.45) is -3.91. The van der Waals surface area contributed by atoms with Crippen molar-refractivity contribution in [2.45, 2.75) is 52.9 Å². The fourth-order valence-corrected chi connectivity index (χ4v) is 3.09. The third kappa shape index (κ3) is 4.59. The Morgan fingerprint density at radius 1 is 1.32 bits per heavy atom. The Kier molecular flexibility index (Phi) is 5.87. The minimum absolute atomic E-state index is 0.0223. The number of carbonyl (C=O) groups excluding carboxylic acids is 1. The number of carbonyl (C=O) groups is 1. The molecular formula is C16H20F3N3O2S. The van der Waals surface area contributed by atoms with Crippen LogP contribution in [0.2, 0.25) is 0 Å². The van der Waals surface area contributed by atoms with Crippen LogP contribution in [0.1, 0.15) is 44.9 Å². The lowest BCUT2D eigenvalue weighted by molar-refractivity contribution is -0.159. The number of alkyl halides is 3. The molecule has 2 aromatic heterocycles. The first-order valence-electron chi connectivity index (χ1n) is 7.94. The van der Waals surface area contributed by atoms with Crippen molar-refractivity contribution in [3.63, 3.8) is 0 Å². The molecule has 0 saturated heterocycles. The molecule has 1 amide bonds.